The van der Waals surface area contributed by atoms with Crippen molar-refractivity contribution < 1.29 is 24.1 Å². The van der Waals surface area contributed by atoms with Crippen molar-refractivity contribution in [1.82, 2.24) is 0 Å². The lowest BCUT2D eigenvalue weighted by molar-refractivity contribution is 0.0526. The van der Waals surface area contributed by atoms with Crippen molar-refractivity contribution in [2.24, 2.45) is 0 Å². The minimum Gasteiger partial charge on any atom is -0.497 e. The van der Waals surface area contributed by atoms with Gasteiger partial charge in [-0.1, -0.05) is 12.1 Å². The fraction of sp³-hybridized carbons (Fsp3) is 0.409. The van der Waals surface area contributed by atoms with Gasteiger partial charge in [0.05, 0.1) is 25.9 Å². The van der Waals surface area contributed by atoms with Gasteiger partial charge in [-0.25, -0.2) is 4.79 Å². The zero-order chi connectivity index (χ0) is 20.1. The van der Waals surface area contributed by atoms with Gasteiger partial charge in [0, 0.05) is 6.10 Å². The van der Waals surface area contributed by atoms with Crippen molar-refractivity contribution >= 4 is 5.97 Å². The van der Waals surface area contributed by atoms with E-state index in [1.807, 2.05) is 42.5 Å². The summed E-state index contributed by atoms with van der Waals surface area (Å²) in [6, 6.07) is 15.1. The summed E-state index contributed by atoms with van der Waals surface area (Å²) in [5.74, 6) is 1.36. The summed E-state index contributed by atoms with van der Waals surface area (Å²) >= 11 is 0. The standard InChI is InChI=1S/C19H22O4.C3H8O/c1-3-22-19(20)16-8-4-6-15(14-16)7-5-13-23-18-11-9-17(21-2)10-12-18;1-3(2)4/h4,6,8-12,14H,3,5,7,13H2,1-2H3;3-4H,1-2H3. The molecule has 0 aromatic heterocycles. The van der Waals surface area contributed by atoms with Gasteiger partial charge in [-0.3, -0.25) is 0 Å². The number of rotatable bonds is 8. The van der Waals surface area contributed by atoms with E-state index in [1.54, 1.807) is 33.9 Å². The van der Waals surface area contributed by atoms with Crippen molar-refractivity contribution in [2.45, 2.75) is 39.7 Å². The molecule has 0 saturated heterocycles. The first-order chi connectivity index (χ1) is 13.0. The molecule has 5 heteroatoms. The molecule has 2 aromatic rings. The average Bonchev–Trinajstić information content (AvgIpc) is 2.66. The number of ether oxygens (including phenoxy) is 3. The van der Waals surface area contributed by atoms with E-state index in [2.05, 4.69) is 0 Å². The largest absolute Gasteiger partial charge is 0.497 e. The maximum absolute atomic E-state index is 11.7. The van der Waals surface area contributed by atoms with Crippen LogP contribution in [0.4, 0.5) is 0 Å². The summed E-state index contributed by atoms with van der Waals surface area (Å²) in [6.07, 6.45) is 1.56. The summed E-state index contributed by atoms with van der Waals surface area (Å²) in [4.78, 5) is 11.7. The monoisotopic (exact) mass is 374 g/mol. The third-order valence-corrected chi connectivity index (χ3v) is 3.38. The minimum atomic E-state index is -0.274. The van der Waals surface area contributed by atoms with E-state index in [0.29, 0.717) is 18.8 Å². The number of aliphatic hydroxyl groups is 1. The molecule has 0 spiro atoms. The molecule has 2 aromatic carbocycles. The quantitative estimate of drug-likeness (QED) is 0.552. The van der Waals surface area contributed by atoms with Gasteiger partial charge in [0.2, 0.25) is 0 Å². The Kier molecular flexibility index (Phi) is 10.6. The number of hydrogen-bond acceptors (Lipinski definition) is 5. The minimum absolute atomic E-state index is 0.167. The molecule has 0 saturated carbocycles. The SMILES string of the molecule is CC(C)O.CCOC(=O)c1cccc(CCCOc2ccc(OC)cc2)c1. The van der Waals surface area contributed by atoms with Crippen molar-refractivity contribution in [2.75, 3.05) is 20.3 Å². The van der Waals surface area contributed by atoms with E-state index in [1.165, 1.54) is 0 Å². The Labute approximate surface area is 161 Å². The molecule has 0 atom stereocenters. The van der Waals surface area contributed by atoms with E-state index in [9.17, 15) is 4.79 Å². The second-order valence-corrected chi connectivity index (χ2v) is 6.14. The molecule has 0 radical (unpaired) electrons. The Bertz CT molecular complexity index is 662. The van der Waals surface area contributed by atoms with Crippen LogP contribution in [-0.2, 0) is 11.2 Å². The molecular formula is C22H30O5. The zero-order valence-electron chi connectivity index (χ0n) is 16.6. The molecule has 0 fully saturated rings. The summed E-state index contributed by atoms with van der Waals surface area (Å²) < 4.78 is 15.8. The predicted molar refractivity (Wildman–Crippen MR) is 107 cm³/mol. The van der Waals surface area contributed by atoms with Crippen molar-refractivity contribution in [3.63, 3.8) is 0 Å². The summed E-state index contributed by atoms with van der Waals surface area (Å²) in [5.41, 5.74) is 1.70. The third-order valence-electron chi connectivity index (χ3n) is 3.38. The van der Waals surface area contributed by atoms with Crippen LogP contribution in [0.1, 0.15) is 43.1 Å². The predicted octanol–water partition coefficient (Wildman–Crippen LogP) is 4.27. The maximum atomic E-state index is 11.7. The van der Waals surface area contributed by atoms with Gasteiger partial charge in [0.1, 0.15) is 11.5 Å². The Morgan fingerprint density at radius 3 is 2.30 bits per heavy atom. The van der Waals surface area contributed by atoms with Gasteiger partial charge < -0.3 is 19.3 Å². The van der Waals surface area contributed by atoms with Crippen molar-refractivity contribution in [1.29, 1.82) is 0 Å². The van der Waals surface area contributed by atoms with E-state index in [4.69, 9.17) is 19.3 Å². The summed E-state index contributed by atoms with van der Waals surface area (Å²) in [6.45, 7) is 6.26. The Balaban J connectivity index is 0.000000828. The van der Waals surface area contributed by atoms with Gasteiger partial charge in [-0.2, -0.15) is 0 Å². The number of esters is 1. The lowest BCUT2D eigenvalue weighted by atomic mass is 10.1. The topological polar surface area (TPSA) is 65.0 Å². The molecule has 5 nitrogen and oxygen atoms in total. The molecule has 0 aliphatic carbocycles. The first-order valence-corrected chi connectivity index (χ1v) is 9.17. The van der Waals surface area contributed by atoms with Crippen LogP contribution in [0.3, 0.4) is 0 Å². The van der Waals surface area contributed by atoms with E-state index < -0.39 is 0 Å². The van der Waals surface area contributed by atoms with Crippen LogP contribution in [0, 0.1) is 0 Å². The van der Waals surface area contributed by atoms with E-state index in [-0.39, 0.29) is 12.1 Å². The van der Waals surface area contributed by atoms with Crippen LogP contribution in [0.5, 0.6) is 11.5 Å². The van der Waals surface area contributed by atoms with Gasteiger partial charge in [-0.15, -0.1) is 0 Å². The molecule has 148 valence electrons. The number of benzene rings is 2. The Morgan fingerprint density at radius 1 is 1.07 bits per heavy atom. The smallest absolute Gasteiger partial charge is 0.338 e. The maximum Gasteiger partial charge on any atom is 0.338 e. The molecule has 2 rings (SSSR count). The molecule has 0 amide bonds. The van der Waals surface area contributed by atoms with Crippen LogP contribution in [0.25, 0.3) is 0 Å². The van der Waals surface area contributed by atoms with Crippen LogP contribution in [0.2, 0.25) is 0 Å². The number of methoxy groups -OCH3 is 1. The lowest BCUT2D eigenvalue weighted by Gasteiger charge is -2.08. The highest BCUT2D eigenvalue weighted by molar-refractivity contribution is 5.89. The van der Waals surface area contributed by atoms with E-state index >= 15 is 0 Å². The van der Waals surface area contributed by atoms with Gasteiger partial charge in [0.15, 0.2) is 0 Å². The Hall–Kier alpha value is -2.53. The second kappa shape index (κ2) is 12.8. The van der Waals surface area contributed by atoms with Gasteiger partial charge in [0.25, 0.3) is 0 Å². The van der Waals surface area contributed by atoms with Crippen LogP contribution in [-0.4, -0.2) is 37.5 Å². The molecule has 0 aliphatic rings. The fourth-order valence-corrected chi connectivity index (χ4v) is 2.21. The molecule has 0 heterocycles. The summed E-state index contributed by atoms with van der Waals surface area (Å²) in [7, 11) is 1.64. The van der Waals surface area contributed by atoms with Crippen molar-refractivity contribution in [3.8, 4) is 11.5 Å². The molecule has 0 aliphatic heterocycles. The fourth-order valence-electron chi connectivity index (χ4n) is 2.21. The molecular weight excluding hydrogens is 344 g/mol. The number of aryl methyl sites for hydroxylation is 1. The van der Waals surface area contributed by atoms with Crippen molar-refractivity contribution in [3.05, 3.63) is 59.7 Å². The second-order valence-electron chi connectivity index (χ2n) is 6.14. The van der Waals surface area contributed by atoms with E-state index in [0.717, 1.165) is 29.9 Å². The highest BCUT2D eigenvalue weighted by Gasteiger charge is 2.06. The molecule has 0 bridgehead atoms. The Morgan fingerprint density at radius 2 is 1.70 bits per heavy atom. The first-order valence-electron chi connectivity index (χ1n) is 9.17. The summed E-state index contributed by atoms with van der Waals surface area (Å²) in [5, 5.41) is 8.06. The van der Waals surface area contributed by atoms with Gasteiger partial charge >= 0.3 is 5.97 Å². The van der Waals surface area contributed by atoms with Gasteiger partial charge in [-0.05, 0) is 75.6 Å². The highest BCUT2D eigenvalue weighted by Crippen LogP contribution is 2.17. The number of carbonyl (C=O) groups is 1. The number of hydrogen-bond donors (Lipinski definition) is 1. The first kappa shape index (κ1) is 22.5. The molecule has 1 N–H and O–H groups in total. The molecule has 27 heavy (non-hydrogen) atoms. The third kappa shape index (κ3) is 9.66. The van der Waals surface area contributed by atoms with Crippen LogP contribution in [0.15, 0.2) is 48.5 Å². The molecule has 0 unspecified atom stereocenters. The average molecular weight is 374 g/mol. The zero-order valence-corrected chi connectivity index (χ0v) is 16.6. The normalized spacial score (nSPS) is 10.0. The highest BCUT2D eigenvalue weighted by atomic mass is 16.5. The van der Waals surface area contributed by atoms with Crippen LogP contribution < -0.4 is 9.47 Å². The number of carbonyl (C=O) groups excluding carboxylic acids is 1. The number of aliphatic hydroxyl groups excluding tert-OH is 1. The van der Waals surface area contributed by atoms with Crippen LogP contribution >= 0.6 is 0 Å². The lowest BCUT2D eigenvalue weighted by Crippen LogP contribution is -2.05.